The van der Waals surface area contributed by atoms with Gasteiger partial charge in [-0.15, -0.1) is 0 Å². The van der Waals surface area contributed by atoms with Crippen LogP contribution in [-0.2, 0) is 9.13 Å². The van der Waals surface area contributed by atoms with Crippen LogP contribution in [0.2, 0.25) is 0 Å². The van der Waals surface area contributed by atoms with Crippen molar-refractivity contribution in [2.24, 2.45) is 5.92 Å². The zero-order chi connectivity index (χ0) is 13.5. The second-order valence-corrected chi connectivity index (χ2v) is 12.6. The monoisotopic (exact) mass is 285 g/mol. The lowest BCUT2D eigenvalue weighted by Crippen LogP contribution is -2.31. The molecule has 3 aliphatic heterocycles. The summed E-state index contributed by atoms with van der Waals surface area (Å²) < 4.78 is 28.1. The van der Waals surface area contributed by atoms with Crippen molar-refractivity contribution in [1.82, 2.24) is 4.67 Å². The molecule has 100 valence electrons. The molecule has 0 spiro atoms. The van der Waals surface area contributed by atoms with Crippen LogP contribution in [-0.4, -0.2) is 42.4 Å². The molecule has 3 rings (SSSR count). The van der Waals surface area contributed by atoms with E-state index in [1.54, 1.807) is 0 Å². The normalized spacial score (nSPS) is 53.7. The first-order chi connectivity index (χ1) is 8.21. The van der Waals surface area contributed by atoms with Crippen LogP contribution < -0.4 is 0 Å². The molecule has 0 aliphatic carbocycles. The average molecular weight is 285 g/mol. The Morgan fingerprint density at radius 1 is 1.17 bits per heavy atom. The van der Waals surface area contributed by atoms with Crippen molar-refractivity contribution >= 4 is 14.4 Å². The van der Waals surface area contributed by atoms with Gasteiger partial charge >= 0.3 is 0 Å². The average Bonchev–Trinajstić information content (AvgIpc) is 2.71. The van der Waals surface area contributed by atoms with Crippen LogP contribution in [0.15, 0.2) is 23.0 Å². The second kappa shape index (κ2) is 3.51. The highest BCUT2D eigenvalue weighted by molar-refractivity contribution is 7.71. The van der Waals surface area contributed by atoms with Crippen molar-refractivity contribution in [3.63, 3.8) is 0 Å². The SMILES string of the molecule is CC1=CP(=O)(N(C)C)[C@H]2[C@@H]1[C@H]1C(C)=C[C@@H]2P1(C)=O. The van der Waals surface area contributed by atoms with E-state index in [1.807, 2.05) is 31.2 Å². The molecule has 1 saturated heterocycles. The lowest BCUT2D eigenvalue weighted by molar-refractivity contribution is 0.493. The van der Waals surface area contributed by atoms with Crippen LogP contribution in [0.4, 0.5) is 0 Å². The molecule has 1 fully saturated rings. The van der Waals surface area contributed by atoms with Gasteiger partial charge in [0.2, 0.25) is 0 Å². The van der Waals surface area contributed by atoms with Gasteiger partial charge in [0.15, 0.2) is 7.29 Å². The predicted octanol–water partition coefficient (Wildman–Crippen LogP) is 3.43. The van der Waals surface area contributed by atoms with E-state index in [4.69, 9.17) is 0 Å². The maximum absolute atomic E-state index is 13.2. The molecule has 6 atom stereocenters. The molecule has 0 aromatic rings. The van der Waals surface area contributed by atoms with E-state index < -0.39 is 14.4 Å². The first kappa shape index (κ1) is 12.9. The first-order valence-electron chi connectivity index (χ1n) is 6.43. The van der Waals surface area contributed by atoms with Gasteiger partial charge in [-0.2, -0.15) is 0 Å². The Kier molecular flexibility index (Phi) is 2.52. The quantitative estimate of drug-likeness (QED) is 0.547. The summed E-state index contributed by atoms with van der Waals surface area (Å²) in [5.74, 6) is 2.23. The van der Waals surface area contributed by atoms with Gasteiger partial charge < -0.3 is 9.13 Å². The molecular formula is C13H21NO2P2. The molecule has 0 aromatic heterocycles. The Morgan fingerprint density at radius 3 is 2.33 bits per heavy atom. The molecule has 3 heterocycles. The first-order valence-corrected chi connectivity index (χ1v) is 10.5. The van der Waals surface area contributed by atoms with Gasteiger partial charge in [0, 0.05) is 22.9 Å². The fraction of sp³-hybridized carbons (Fsp3) is 0.692. The van der Waals surface area contributed by atoms with Crippen LogP contribution >= 0.6 is 14.4 Å². The lowest BCUT2D eigenvalue weighted by Gasteiger charge is -2.31. The summed E-state index contributed by atoms with van der Waals surface area (Å²) in [6.45, 7) is 6.07. The number of nitrogens with zero attached hydrogens (tertiary/aromatic N) is 1. The van der Waals surface area contributed by atoms with Crippen molar-refractivity contribution in [2.45, 2.75) is 30.8 Å². The maximum atomic E-state index is 13.2. The summed E-state index contributed by atoms with van der Waals surface area (Å²) in [4.78, 5) is 0. The fourth-order valence-corrected chi connectivity index (χ4v) is 12.6. The number of fused-ring (bicyclic) bond motifs is 5. The standard InChI is InChI=1S/C13H21NO2P2/c1-8-6-10-13-11(12(8)17(10,5)15)9(2)7-18(13,16)14(3)4/h6-7,10-13H,1-5H3/t10-,11-,12+,13+,17?,18?/m0/s1. The highest BCUT2D eigenvalue weighted by Gasteiger charge is 2.66. The third-order valence-electron chi connectivity index (χ3n) is 5.07. The summed E-state index contributed by atoms with van der Waals surface area (Å²) in [6, 6.07) is 0. The van der Waals surface area contributed by atoms with Crippen molar-refractivity contribution in [1.29, 1.82) is 0 Å². The lowest BCUT2D eigenvalue weighted by atomic mass is 9.85. The molecule has 18 heavy (non-hydrogen) atoms. The van der Waals surface area contributed by atoms with Gasteiger partial charge in [-0.1, -0.05) is 17.2 Å². The summed E-state index contributed by atoms with van der Waals surface area (Å²) in [5, 5.41) is 0. The topological polar surface area (TPSA) is 37.4 Å². The predicted molar refractivity (Wildman–Crippen MR) is 77.2 cm³/mol. The molecule has 0 saturated carbocycles. The van der Waals surface area contributed by atoms with Crippen molar-refractivity contribution in [3.8, 4) is 0 Å². The molecule has 3 aliphatic rings. The Labute approximate surface area is 109 Å². The van der Waals surface area contributed by atoms with E-state index in [-0.39, 0.29) is 22.9 Å². The van der Waals surface area contributed by atoms with E-state index in [9.17, 15) is 9.13 Å². The van der Waals surface area contributed by atoms with E-state index in [2.05, 4.69) is 19.9 Å². The highest BCUT2D eigenvalue weighted by atomic mass is 31.2. The van der Waals surface area contributed by atoms with Gasteiger partial charge in [0.05, 0.1) is 7.14 Å². The van der Waals surface area contributed by atoms with Crippen LogP contribution in [0.5, 0.6) is 0 Å². The smallest absolute Gasteiger partial charge is 0.175 e. The minimum Gasteiger partial charge on any atom is -0.323 e. The summed E-state index contributed by atoms with van der Waals surface area (Å²) in [7, 11) is -0.963. The minimum absolute atomic E-state index is 0.0365. The van der Waals surface area contributed by atoms with Crippen molar-refractivity contribution < 1.29 is 9.13 Å². The highest BCUT2D eigenvalue weighted by Crippen LogP contribution is 2.81. The Hall–Kier alpha value is -0.100. The molecular weight excluding hydrogens is 264 g/mol. The van der Waals surface area contributed by atoms with Crippen molar-refractivity contribution in [3.05, 3.63) is 23.0 Å². The van der Waals surface area contributed by atoms with Crippen LogP contribution in [0, 0.1) is 5.92 Å². The zero-order valence-electron chi connectivity index (χ0n) is 11.6. The molecule has 5 heteroatoms. The molecule has 0 aromatic carbocycles. The van der Waals surface area contributed by atoms with Gasteiger partial charge in [0.1, 0.15) is 0 Å². The second-order valence-electron chi connectivity index (χ2n) is 6.31. The fourth-order valence-electron chi connectivity index (χ4n) is 4.32. The molecule has 2 unspecified atom stereocenters. The van der Waals surface area contributed by atoms with Crippen LogP contribution in [0.1, 0.15) is 13.8 Å². The Bertz CT molecular complexity index is 576. The molecule has 0 N–H and O–H groups in total. The molecule has 2 bridgehead atoms. The number of allylic oxidation sites excluding steroid dienone is 3. The third-order valence-corrected chi connectivity index (χ3v) is 12.3. The summed E-state index contributed by atoms with van der Waals surface area (Å²) in [5.41, 5.74) is 2.71. The number of hydrogen-bond acceptors (Lipinski definition) is 2. The third kappa shape index (κ3) is 1.26. The van der Waals surface area contributed by atoms with E-state index >= 15 is 0 Å². The van der Waals surface area contributed by atoms with Gasteiger partial charge in [0.25, 0.3) is 0 Å². The van der Waals surface area contributed by atoms with E-state index in [0.29, 0.717) is 0 Å². The number of rotatable bonds is 1. The van der Waals surface area contributed by atoms with E-state index in [1.165, 1.54) is 11.1 Å². The minimum atomic E-state index is -2.50. The maximum Gasteiger partial charge on any atom is 0.175 e. The zero-order valence-corrected chi connectivity index (χ0v) is 13.4. The number of hydrogen-bond donors (Lipinski definition) is 0. The van der Waals surface area contributed by atoms with Gasteiger partial charge in [-0.3, -0.25) is 4.67 Å². The van der Waals surface area contributed by atoms with Gasteiger partial charge in [-0.05, 0) is 40.4 Å². The largest absolute Gasteiger partial charge is 0.323 e. The van der Waals surface area contributed by atoms with Gasteiger partial charge in [-0.25, -0.2) is 0 Å². The van der Waals surface area contributed by atoms with Crippen LogP contribution in [0.25, 0.3) is 0 Å². The molecule has 3 nitrogen and oxygen atoms in total. The van der Waals surface area contributed by atoms with Crippen molar-refractivity contribution in [2.75, 3.05) is 20.8 Å². The Balaban J connectivity index is 2.20. The molecule has 0 amide bonds. The Morgan fingerprint density at radius 2 is 1.78 bits per heavy atom. The van der Waals surface area contributed by atoms with Crippen LogP contribution in [0.3, 0.4) is 0 Å². The van der Waals surface area contributed by atoms with E-state index in [0.717, 1.165) is 0 Å². The summed E-state index contributed by atoms with van der Waals surface area (Å²) in [6.07, 6.45) is 2.15. The molecule has 0 radical (unpaired) electrons. The summed E-state index contributed by atoms with van der Waals surface area (Å²) >= 11 is 0.